The van der Waals surface area contributed by atoms with E-state index in [0.29, 0.717) is 19.1 Å². The van der Waals surface area contributed by atoms with Crippen LogP contribution in [-0.4, -0.2) is 19.1 Å². The lowest BCUT2D eigenvalue weighted by Crippen LogP contribution is -2.45. The molecule has 0 bridgehead atoms. The molecule has 1 unspecified atom stereocenters. The van der Waals surface area contributed by atoms with E-state index < -0.39 is 5.41 Å². The lowest BCUT2D eigenvalue weighted by molar-refractivity contribution is -0.159. The Bertz CT molecular complexity index is 224. The smallest absolute Gasteiger partial charge is 0.313 e. The van der Waals surface area contributed by atoms with Gasteiger partial charge >= 0.3 is 5.97 Å². The minimum absolute atomic E-state index is 0.0637. The molecule has 1 fully saturated rings. The van der Waals surface area contributed by atoms with Gasteiger partial charge in [-0.2, -0.15) is 0 Å². The lowest BCUT2D eigenvalue weighted by Gasteiger charge is -2.35. The highest BCUT2D eigenvalue weighted by Gasteiger charge is 2.45. The van der Waals surface area contributed by atoms with Crippen LogP contribution in [0.4, 0.5) is 0 Å². The fourth-order valence-corrected chi connectivity index (χ4v) is 3.02. The van der Waals surface area contributed by atoms with Crippen molar-refractivity contribution >= 4 is 5.97 Å². The summed E-state index contributed by atoms with van der Waals surface area (Å²) in [7, 11) is 0. The van der Waals surface area contributed by atoms with Gasteiger partial charge in [0, 0.05) is 6.54 Å². The third-order valence-electron chi connectivity index (χ3n) is 3.88. The monoisotopic (exact) mass is 227 g/mol. The molecule has 3 heteroatoms. The third kappa shape index (κ3) is 2.57. The summed E-state index contributed by atoms with van der Waals surface area (Å²) in [4.78, 5) is 12.2. The first-order chi connectivity index (χ1) is 7.71. The van der Waals surface area contributed by atoms with Crippen LogP contribution in [-0.2, 0) is 9.53 Å². The van der Waals surface area contributed by atoms with E-state index >= 15 is 0 Å². The van der Waals surface area contributed by atoms with Crippen LogP contribution in [0.5, 0.6) is 0 Å². The van der Waals surface area contributed by atoms with Crippen molar-refractivity contribution in [3.63, 3.8) is 0 Å². The SMILES string of the molecule is CCCC(CN)(C(=O)OCC)C1CCCC1. The molecule has 0 amide bonds. The minimum atomic E-state index is -0.402. The normalized spacial score (nSPS) is 20.7. The highest BCUT2D eigenvalue weighted by molar-refractivity contribution is 5.77. The number of hydrogen-bond acceptors (Lipinski definition) is 3. The number of nitrogens with two attached hydrogens (primary N) is 1. The lowest BCUT2D eigenvalue weighted by atomic mass is 9.71. The zero-order valence-electron chi connectivity index (χ0n) is 10.6. The van der Waals surface area contributed by atoms with Crippen LogP contribution in [0.2, 0.25) is 0 Å². The molecule has 1 aliphatic carbocycles. The summed E-state index contributed by atoms with van der Waals surface area (Å²) >= 11 is 0. The molecule has 1 saturated carbocycles. The molecule has 0 heterocycles. The van der Waals surface area contributed by atoms with Crippen molar-refractivity contribution in [2.45, 2.75) is 52.4 Å². The van der Waals surface area contributed by atoms with Crippen LogP contribution in [0.25, 0.3) is 0 Å². The van der Waals surface area contributed by atoms with Gasteiger partial charge in [-0.05, 0) is 32.1 Å². The van der Waals surface area contributed by atoms with Crippen molar-refractivity contribution in [1.29, 1.82) is 0 Å². The summed E-state index contributed by atoms with van der Waals surface area (Å²) in [5.41, 5.74) is 5.50. The number of hydrogen-bond donors (Lipinski definition) is 1. The molecule has 1 atom stereocenters. The van der Waals surface area contributed by atoms with E-state index in [2.05, 4.69) is 6.92 Å². The van der Waals surface area contributed by atoms with Crippen LogP contribution in [0.3, 0.4) is 0 Å². The molecule has 0 spiro atoms. The van der Waals surface area contributed by atoms with Crippen molar-refractivity contribution in [1.82, 2.24) is 0 Å². The van der Waals surface area contributed by atoms with Crippen molar-refractivity contribution in [3.05, 3.63) is 0 Å². The van der Waals surface area contributed by atoms with Crippen molar-refractivity contribution in [2.75, 3.05) is 13.2 Å². The van der Waals surface area contributed by atoms with E-state index in [1.807, 2.05) is 6.92 Å². The first kappa shape index (κ1) is 13.5. The number of ether oxygens (including phenoxy) is 1. The van der Waals surface area contributed by atoms with Gasteiger partial charge in [0.1, 0.15) is 0 Å². The van der Waals surface area contributed by atoms with E-state index in [9.17, 15) is 4.79 Å². The Morgan fingerprint density at radius 1 is 1.38 bits per heavy atom. The highest BCUT2D eigenvalue weighted by atomic mass is 16.5. The van der Waals surface area contributed by atoms with Gasteiger partial charge in [0.15, 0.2) is 0 Å². The van der Waals surface area contributed by atoms with Gasteiger partial charge in [0.2, 0.25) is 0 Å². The van der Waals surface area contributed by atoms with Crippen LogP contribution >= 0.6 is 0 Å². The standard InChI is InChI=1S/C13H25NO2/c1-3-9-13(10-14,12(15)16-4-2)11-7-5-6-8-11/h11H,3-10,14H2,1-2H3. The molecular weight excluding hydrogens is 202 g/mol. The van der Waals surface area contributed by atoms with Gasteiger partial charge < -0.3 is 10.5 Å². The van der Waals surface area contributed by atoms with Gasteiger partial charge in [0.05, 0.1) is 12.0 Å². The Morgan fingerprint density at radius 3 is 2.44 bits per heavy atom. The Kier molecular flexibility index (Phi) is 5.26. The van der Waals surface area contributed by atoms with Crippen LogP contribution < -0.4 is 5.73 Å². The first-order valence-corrected chi connectivity index (χ1v) is 6.58. The molecule has 0 aromatic carbocycles. The van der Waals surface area contributed by atoms with Gasteiger partial charge in [0.25, 0.3) is 0 Å². The Balaban J connectivity index is 2.83. The van der Waals surface area contributed by atoms with Crippen molar-refractivity contribution in [3.8, 4) is 0 Å². The van der Waals surface area contributed by atoms with E-state index in [4.69, 9.17) is 10.5 Å². The molecule has 2 N–H and O–H groups in total. The molecule has 0 aliphatic heterocycles. The quantitative estimate of drug-likeness (QED) is 0.709. The van der Waals surface area contributed by atoms with Crippen LogP contribution in [0.1, 0.15) is 52.4 Å². The predicted octanol–water partition coefficient (Wildman–Crippen LogP) is 2.48. The molecule has 94 valence electrons. The number of esters is 1. The molecule has 3 nitrogen and oxygen atoms in total. The number of carbonyl (C=O) groups excluding carboxylic acids is 1. The Morgan fingerprint density at radius 2 is 2.00 bits per heavy atom. The first-order valence-electron chi connectivity index (χ1n) is 6.58. The minimum Gasteiger partial charge on any atom is -0.466 e. The zero-order valence-corrected chi connectivity index (χ0v) is 10.6. The largest absolute Gasteiger partial charge is 0.466 e. The third-order valence-corrected chi connectivity index (χ3v) is 3.88. The van der Waals surface area contributed by atoms with Gasteiger partial charge in [-0.1, -0.05) is 26.2 Å². The summed E-state index contributed by atoms with van der Waals surface area (Å²) in [6, 6.07) is 0. The second kappa shape index (κ2) is 6.24. The predicted molar refractivity (Wildman–Crippen MR) is 65.0 cm³/mol. The maximum absolute atomic E-state index is 12.2. The summed E-state index contributed by atoms with van der Waals surface area (Å²) in [5, 5.41) is 0. The summed E-state index contributed by atoms with van der Waals surface area (Å²) in [5.74, 6) is 0.378. The van der Waals surface area contributed by atoms with Crippen LogP contribution in [0.15, 0.2) is 0 Å². The summed E-state index contributed by atoms with van der Waals surface area (Å²) in [6.07, 6.45) is 6.59. The fraction of sp³-hybridized carbons (Fsp3) is 0.923. The summed E-state index contributed by atoms with van der Waals surface area (Å²) < 4.78 is 5.24. The van der Waals surface area contributed by atoms with E-state index in [-0.39, 0.29) is 5.97 Å². The zero-order chi connectivity index (χ0) is 12.0. The maximum atomic E-state index is 12.2. The van der Waals surface area contributed by atoms with Crippen molar-refractivity contribution < 1.29 is 9.53 Å². The van der Waals surface area contributed by atoms with Gasteiger partial charge in [-0.15, -0.1) is 0 Å². The van der Waals surface area contributed by atoms with Crippen LogP contribution in [0, 0.1) is 11.3 Å². The van der Waals surface area contributed by atoms with E-state index in [0.717, 1.165) is 25.7 Å². The topological polar surface area (TPSA) is 52.3 Å². The van der Waals surface area contributed by atoms with E-state index in [1.165, 1.54) is 12.8 Å². The average molecular weight is 227 g/mol. The molecular formula is C13H25NO2. The fourth-order valence-electron chi connectivity index (χ4n) is 3.02. The molecule has 0 saturated heterocycles. The average Bonchev–Trinajstić information content (AvgIpc) is 2.80. The second-order valence-electron chi connectivity index (χ2n) is 4.81. The molecule has 1 aliphatic rings. The molecule has 0 aromatic heterocycles. The molecule has 0 aromatic rings. The Labute approximate surface area is 98.7 Å². The van der Waals surface area contributed by atoms with E-state index in [1.54, 1.807) is 0 Å². The number of rotatable bonds is 6. The second-order valence-corrected chi connectivity index (χ2v) is 4.81. The Hall–Kier alpha value is -0.570. The van der Waals surface area contributed by atoms with Gasteiger partial charge in [-0.3, -0.25) is 4.79 Å². The molecule has 16 heavy (non-hydrogen) atoms. The summed E-state index contributed by atoms with van der Waals surface area (Å²) in [6.45, 7) is 4.86. The molecule has 0 radical (unpaired) electrons. The van der Waals surface area contributed by atoms with Crippen molar-refractivity contribution in [2.24, 2.45) is 17.1 Å². The highest BCUT2D eigenvalue weighted by Crippen LogP contribution is 2.43. The van der Waals surface area contributed by atoms with Gasteiger partial charge in [-0.25, -0.2) is 0 Å². The molecule has 1 rings (SSSR count). The maximum Gasteiger partial charge on any atom is 0.313 e. The number of carbonyl (C=O) groups is 1.